The molecule has 0 unspecified atom stereocenters. The smallest absolute Gasteiger partial charge is 0.223 e. The molecule has 1 saturated heterocycles. The van der Waals surface area contributed by atoms with Crippen LogP contribution in [0.3, 0.4) is 0 Å². The lowest BCUT2D eigenvalue weighted by molar-refractivity contribution is 0.0250. The Morgan fingerprint density at radius 1 is 1.22 bits per heavy atom. The van der Waals surface area contributed by atoms with Gasteiger partial charge in [0.15, 0.2) is 0 Å². The van der Waals surface area contributed by atoms with E-state index in [1.807, 2.05) is 0 Å². The first kappa shape index (κ1) is 16.0. The SMILES string of the molecule is Nc1nc(Cl)cc(N2CCC(OCc3ccc(F)cc3)CC2)n1. The summed E-state index contributed by atoms with van der Waals surface area (Å²) >= 11 is 5.92. The second-order valence-electron chi connectivity index (χ2n) is 5.53. The fourth-order valence-electron chi connectivity index (χ4n) is 2.63. The first-order valence-electron chi connectivity index (χ1n) is 7.51. The standard InChI is InChI=1S/C16H18ClFN4O/c17-14-9-15(21-16(19)20-14)22-7-5-13(6-8-22)23-10-11-1-3-12(18)4-2-11/h1-4,9,13H,5-8,10H2,(H2,19,20,21). The molecule has 23 heavy (non-hydrogen) atoms. The number of anilines is 2. The summed E-state index contributed by atoms with van der Waals surface area (Å²) in [6.07, 6.45) is 1.97. The number of nitrogen functional groups attached to an aromatic ring is 1. The van der Waals surface area contributed by atoms with Crippen molar-refractivity contribution in [1.82, 2.24) is 9.97 Å². The largest absolute Gasteiger partial charge is 0.373 e. The molecule has 122 valence electrons. The molecule has 0 amide bonds. The Balaban J connectivity index is 1.51. The summed E-state index contributed by atoms with van der Waals surface area (Å²) < 4.78 is 18.8. The van der Waals surface area contributed by atoms with Gasteiger partial charge in [0, 0.05) is 19.2 Å². The monoisotopic (exact) mass is 336 g/mol. The predicted octanol–water partition coefficient (Wildman–Crippen LogP) is 3.04. The van der Waals surface area contributed by atoms with Crippen LogP contribution >= 0.6 is 11.6 Å². The van der Waals surface area contributed by atoms with Gasteiger partial charge in [-0.3, -0.25) is 0 Å². The van der Waals surface area contributed by atoms with Gasteiger partial charge in [-0.05, 0) is 30.5 Å². The van der Waals surface area contributed by atoms with Crippen LogP contribution in [0.15, 0.2) is 30.3 Å². The van der Waals surface area contributed by atoms with E-state index >= 15 is 0 Å². The van der Waals surface area contributed by atoms with Crippen molar-refractivity contribution < 1.29 is 9.13 Å². The number of hydrogen-bond donors (Lipinski definition) is 1. The molecule has 2 aromatic rings. The normalized spacial score (nSPS) is 15.8. The van der Waals surface area contributed by atoms with Crippen LogP contribution in [0, 0.1) is 5.82 Å². The van der Waals surface area contributed by atoms with Crippen molar-refractivity contribution in [3.8, 4) is 0 Å². The van der Waals surface area contributed by atoms with Gasteiger partial charge in [0.2, 0.25) is 5.95 Å². The van der Waals surface area contributed by atoms with Gasteiger partial charge < -0.3 is 15.4 Å². The van der Waals surface area contributed by atoms with Gasteiger partial charge in [-0.25, -0.2) is 9.37 Å². The quantitative estimate of drug-likeness (QED) is 0.869. The van der Waals surface area contributed by atoms with E-state index in [0.717, 1.165) is 37.3 Å². The second kappa shape index (κ2) is 7.10. The van der Waals surface area contributed by atoms with Crippen molar-refractivity contribution in [3.05, 3.63) is 46.9 Å². The van der Waals surface area contributed by atoms with Crippen LogP contribution in [0.5, 0.6) is 0 Å². The van der Waals surface area contributed by atoms with Gasteiger partial charge in [0.1, 0.15) is 16.8 Å². The molecule has 1 aromatic heterocycles. The van der Waals surface area contributed by atoms with E-state index in [4.69, 9.17) is 22.1 Å². The van der Waals surface area contributed by atoms with E-state index in [0.29, 0.717) is 11.8 Å². The van der Waals surface area contributed by atoms with Gasteiger partial charge in [0.05, 0.1) is 12.7 Å². The maximum atomic E-state index is 12.9. The summed E-state index contributed by atoms with van der Waals surface area (Å²) in [5.41, 5.74) is 6.61. The molecule has 5 nitrogen and oxygen atoms in total. The van der Waals surface area contributed by atoms with Gasteiger partial charge in [-0.1, -0.05) is 23.7 Å². The zero-order valence-corrected chi connectivity index (χ0v) is 13.3. The molecule has 2 heterocycles. The highest BCUT2D eigenvalue weighted by Gasteiger charge is 2.21. The zero-order chi connectivity index (χ0) is 16.2. The van der Waals surface area contributed by atoms with E-state index < -0.39 is 0 Å². The number of ether oxygens (including phenoxy) is 1. The highest BCUT2D eigenvalue weighted by molar-refractivity contribution is 6.29. The molecule has 0 aliphatic carbocycles. The summed E-state index contributed by atoms with van der Waals surface area (Å²) in [6, 6.07) is 8.11. The minimum Gasteiger partial charge on any atom is -0.373 e. The number of nitrogens with two attached hydrogens (primary N) is 1. The van der Waals surface area contributed by atoms with Crippen LogP contribution in [0.2, 0.25) is 5.15 Å². The van der Waals surface area contributed by atoms with Gasteiger partial charge in [-0.15, -0.1) is 0 Å². The zero-order valence-electron chi connectivity index (χ0n) is 12.6. The number of halogens is 2. The highest BCUT2D eigenvalue weighted by atomic mass is 35.5. The average Bonchev–Trinajstić information content (AvgIpc) is 2.54. The van der Waals surface area contributed by atoms with E-state index in [-0.39, 0.29) is 17.9 Å². The molecule has 7 heteroatoms. The average molecular weight is 337 g/mol. The second-order valence-corrected chi connectivity index (χ2v) is 5.92. The summed E-state index contributed by atoms with van der Waals surface area (Å²) in [7, 11) is 0. The highest BCUT2D eigenvalue weighted by Crippen LogP contribution is 2.23. The molecule has 1 fully saturated rings. The summed E-state index contributed by atoms with van der Waals surface area (Å²) in [6.45, 7) is 2.14. The van der Waals surface area contributed by atoms with Crippen LogP contribution in [-0.4, -0.2) is 29.2 Å². The number of nitrogens with zero attached hydrogens (tertiary/aromatic N) is 3. The third-order valence-corrected chi connectivity index (χ3v) is 4.06. The third kappa shape index (κ3) is 4.30. The maximum absolute atomic E-state index is 12.9. The van der Waals surface area contributed by atoms with E-state index in [1.165, 1.54) is 12.1 Å². The molecule has 0 radical (unpaired) electrons. The molecule has 1 aliphatic heterocycles. The lowest BCUT2D eigenvalue weighted by Gasteiger charge is -2.32. The molecule has 0 saturated carbocycles. The minimum absolute atomic E-state index is 0.183. The summed E-state index contributed by atoms with van der Waals surface area (Å²) in [5.74, 6) is 0.700. The van der Waals surface area contributed by atoms with E-state index in [1.54, 1.807) is 18.2 Å². The molecule has 1 aliphatic rings. The van der Waals surface area contributed by atoms with Crippen molar-refractivity contribution in [2.75, 3.05) is 23.7 Å². The van der Waals surface area contributed by atoms with Crippen molar-refractivity contribution >= 4 is 23.4 Å². The number of aromatic nitrogens is 2. The fraction of sp³-hybridized carbons (Fsp3) is 0.375. The first-order chi connectivity index (χ1) is 11.1. The van der Waals surface area contributed by atoms with Gasteiger partial charge in [0.25, 0.3) is 0 Å². The van der Waals surface area contributed by atoms with Gasteiger partial charge in [-0.2, -0.15) is 4.98 Å². The maximum Gasteiger partial charge on any atom is 0.223 e. The first-order valence-corrected chi connectivity index (χ1v) is 7.89. The molecule has 3 rings (SSSR count). The van der Waals surface area contributed by atoms with E-state index in [2.05, 4.69) is 14.9 Å². The molecule has 0 bridgehead atoms. The van der Waals surface area contributed by atoms with Crippen LogP contribution in [-0.2, 0) is 11.3 Å². The molecule has 1 aromatic carbocycles. The van der Waals surface area contributed by atoms with Crippen molar-refractivity contribution in [3.63, 3.8) is 0 Å². The van der Waals surface area contributed by atoms with Crippen LogP contribution in [0.25, 0.3) is 0 Å². The third-order valence-electron chi connectivity index (χ3n) is 3.86. The molecule has 0 atom stereocenters. The Bertz CT molecular complexity index is 639. The summed E-state index contributed by atoms with van der Waals surface area (Å²) in [5, 5.41) is 0.349. The Kier molecular flexibility index (Phi) is 4.93. The van der Waals surface area contributed by atoms with Crippen LogP contribution in [0.4, 0.5) is 16.2 Å². The Morgan fingerprint density at radius 3 is 2.57 bits per heavy atom. The van der Waals surface area contributed by atoms with Crippen LogP contribution < -0.4 is 10.6 Å². The Hall–Kier alpha value is -1.92. The van der Waals surface area contributed by atoms with E-state index in [9.17, 15) is 4.39 Å². The number of hydrogen-bond acceptors (Lipinski definition) is 5. The molecule has 0 spiro atoms. The number of piperidine rings is 1. The van der Waals surface area contributed by atoms with Crippen molar-refractivity contribution in [2.24, 2.45) is 0 Å². The Labute approximate surface area is 139 Å². The molecule has 2 N–H and O–H groups in total. The van der Waals surface area contributed by atoms with Crippen molar-refractivity contribution in [2.45, 2.75) is 25.6 Å². The summed E-state index contributed by atoms with van der Waals surface area (Å²) in [4.78, 5) is 10.2. The number of benzene rings is 1. The topological polar surface area (TPSA) is 64.3 Å². The van der Waals surface area contributed by atoms with Crippen molar-refractivity contribution in [1.29, 1.82) is 0 Å². The fourth-order valence-corrected chi connectivity index (χ4v) is 2.82. The van der Waals surface area contributed by atoms with Crippen LogP contribution in [0.1, 0.15) is 18.4 Å². The van der Waals surface area contributed by atoms with Gasteiger partial charge >= 0.3 is 0 Å². The minimum atomic E-state index is -0.232. The number of rotatable bonds is 4. The predicted molar refractivity (Wildman–Crippen MR) is 87.9 cm³/mol. The lowest BCUT2D eigenvalue weighted by atomic mass is 10.1. The Morgan fingerprint density at radius 2 is 1.91 bits per heavy atom. The molecular weight excluding hydrogens is 319 g/mol. The lowest BCUT2D eigenvalue weighted by Crippen LogP contribution is -2.37. The molecular formula is C16H18ClFN4O.